The number of urea groups is 1. The normalized spacial score (nSPS) is 16.9. The topological polar surface area (TPSA) is 61.9 Å². The summed E-state index contributed by atoms with van der Waals surface area (Å²) in [4.78, 5) is 31.4. The highest BCUT2D eigenvalue weighted by molar-refractivity contribution is 6.30. The zero-order valence-electron chi connectivity index (χ0n) is 14.0. The maximum absolute atomic E-state index is 12.9. The maximum atomic E-state index is 12.9. The molecule has 1 fully saturated rings. The fraction of sp³-hybridized carbons (Fsp3) is 0.222. The van der Waals surface area contributed by atoms with Crippen LogP contribution in [0.5, 0.6) is 0 Å². The van der Waals surface area contributed by atoms with Crippen LogP contribution in [0.25, 0.3) is 0 Å². The molecule has 1 aliphatic heterocycles. The number of halogens is 2. The molecule has 0 aliphatic carbocycles. The minimum Gasteiger partial charge on any atom is -0.352 e. The number of rotatable bonds is 5. The molecule has 3 amide bonds. The van der Waals surface area contributed by atoms with Crippen molar-refractivity contribution in [3.8, 4) is 0 Å². The van der Waals surface area contributed by atoms with E-state index in [0.717, 1.165) is 10.6 Å². The van der Waals surface area contributed by atoms with Gasteiger partial charge >= 0.3 is 6.03 Å². The van der Waals surface area contributed by atoms with Crippen molar-refractivity contribution in [2.24, 2.45) is 0 Å². The fourth-order valence-electron chi connectivity index (χ4n) is 2.59. The highest BCUT2D eigenvalue weighted by Gasteiger charge is 2.39. The second-order valence-electron chi connectivity index (χ2n) is 5.79. The molecule has 136 valence electrons. The summed E-state index contributed by atoms with van der Waals surface area (Å²) in [7, 11) is 1.49. The molecule has 1 unspecified atom stereocenters. The van der Waals surface area contributed by atoms with Crippen LogP contribution in [-0.4, -0.2) is 30.3 Å². The number of hydrogen-bond acceptors (Lipinski definition) is 3. The average Bonchev–Trinajstić information content (AvgIpc) is 2.89. The molecule has 0 aromatic heterocycles. The van der Waals surface area contributed by atoms with Gasteiger partial charge < -0.3 is 5.32 Å². The number of amides is 3. The van der Waals surface area contributed by atoms with Gasteiger partial charge in [0.15, 0.2) is 6.23 Å². The number of anilines is 1. The van der Waals surface area contributed by atoms with E-state index in [1.165, 1.54) is 24.1 Å². The van der Waals surface area contributed by atoms with Gasteiger partial charge in [-0.15, -0.1) is 0 Å². The highest BCUT2D eigenvalue weighted by atomic mass is 35.5. The molecule has 3 rings (SSSR count). The minimum atomic E-state index is -0.762. The monoisotopic (exact) mass is 377 g/mol. The fourth-order valence-corrected chi connectivity index (χ4v) is 2.72. The first kappa shape index (κ1) is 18.2. The second kappa shape index (κ2) is 7.72. The number of carbonyl (C=O) groups excluding carboxylic acids is 2. The first-order chi connectivity index (χ1) is 12.4. The highest BCUT2D eigenvalue weighted by Crippen LogP contribution is 2.27. The average molecular weight is 378 g/mol. The lowest BCUT2D eigenvalue weighted by Gasteiger charge is -2.20. The van der Waals surface area contributed by atoms with Crippen LogP contribution < -0.4 is 10.2 Å². The number of carbonyl (C=O) groups is 2. The van der Waals surface area contributed by atoms with Crippen LogP contribution >= 0.6 is 11.6 Å². The van der Waals surface area contributed by atoms with Gasteiger partial charge in [-0.2, -0.15) is 0 Å². The molecule has 6 nitrogen and oxygen atoms in total. The summed E-state index contributed by atoms with van der Waals surface area (Å²) in [5, 5.41) is 4.37. The van der Waals surface area contributed by atoms with Crippen LogP contribution in [0.15, 0.2) is 48.5 Å². The van der Waals surface area contributed by atoms with Crippen molar-refractivity contribution in [1.29, 1.82) is 0 Å². The van der Waals surface area contributed by atoms with E-state index in [-0.39, 0.29) is 30.7 Å². The quantitative estimate of drug-likeness (QED) is 0.869. The molecule has 8 heteroatoms. The standard InChI is InChI=1S/C18H17ClFN3O3/c1-22-18(25)23(15-8-4-13(19)5-9-15)17(26-22)10-16(24)21-11-12-2-6-14(20)7-3-12/h2-9,17H,10-11H2,1H3,(H,21,24). The van der Waals surface area contributed by atoms with Crippen molar-refractivity contribution in [1.82, 2.24) is 10.4 Å². The van der Waals surface area contributed by atoms with Crippen LogP contribution in [-0.2, 0) is 16.2 Å². The Morgan fingerprint density at radius 2 is 1.85 bits per heavy atom. The van der Waals surface area contributed by atoms with E-state index in [4.69, 9.17) is 16.4 Å². The molecule has 2 aromatic rings. The maximum Gasteiger partial charge on any atom is 0.350 e. The molecule has 0 saturated carbocycles. The van der Waals surface area contributed by atoms with Crippen molar-refractivity contribution in [3.63, 3.8) is 0 Å². The number of hydroxylamine groups is 2. The van der Waals surface area contributed by atoms with E-state index in [2.05, 4.69) is 5.32 Å². The van der Waals surface area contributed by atoms with E-state index >= 15 is 0 Å². The molecule has 2 aromatic carbocycles. The number of hydrogen-bond donors (Lipinski definition) is 1. The molecule has 0 bridgehead atoms. The van der Waals surface area contributed by atoms with Gasteiger partial charge in [-0.05, 0) is 42.0 Å². The first-order valence-corrected chi connectivity index (χ1v) is 8.32. The SMILES string of the molecule is CN1OC(CC(=O)NCc2ccc(F)cc2)N(c2ccc(Cl)cc2)C1=O. The zero-order valence-corrected chi connectivity index (χ0v) is 14.7. The van der Waals surface area contributed by atoms with Crippen molar-refractivity contribution < 1.29 is 18.8 Å². The van der Waals surface area contributed by atoms with Crippen LogP contribution in [0.2, 0.25) is 5.02 Å². The van der Waals surface area contributed by atoms with E-state index < -0.39 is 6.23 Å². The van der Waals surface area contributed by atoms with E-state index in [1.807, 2.05) is 0 Å². The van der Waals surface area contributed by atoms with Crippen molar-refractivity contribution in [2.75, 3.05) is 11.9 Å². The Morgan fingerprint density at radius 1 is 1.19 bits per heavy atom. The summed E-state index contributed by atoms with van der Waals surface area (Å²) in [6.45, 7) is 0.260. The molecule has 1 heterocycles. The van der Waals surface area contributed by atoms with E-state index in [1.54, 1.807) is 36.4 Å². The summed E-state index contributed by atoms with van der Waals surface area (Å²) < 4.78 is 12.9. The van der Waals surface area contributed by atoms with E-state index in [9.17, 15) is 14.0 Å². The third-order valence-electron chi connectivity index (χ3n) is 3.91. The number of nitrogens with one attached hydrogen (secondary N) is 1. The summed E-state index contributed by atoms with van der Waals surface area (Å²) in [5.41, 5.74) is 1.36. The van der Waals surface area contributed by atoms with Crippen molar-refractivity contribution >= 4 is 29.2 Å². The van der Waals surface area contributed by atoms with Gasteiger partial charge in [-0.1, -0.05) is 23.7 Å². The lowest BCUT2D eigenvalue weighted by molar-refractivity contribution is -0.133. The molecule has 0 radical (unpaired) electrons. The van der Waals surface area contributed by atoms with Gasteiger partial charge in [0.25, 0.3) is 0 Å². The van der Waals surface area contributed by atoms with Crippen LogP contribution in [0.4, 0.5) is 14.9 Å². The Kier molecular flexibility index (Phi) is 5.39. The molecule has 0 spiro atoms. The lowest BCUT2D eigenvalue weighted by Crippen LogP contribution is -2.38. The summed E-state index contributed by atoms with van der Waals surface area (Å²) in [6.07, 6.45) is -0.804. The first-order valence-electron chi connectivity index (χ1n) is 7.94. The molecule has 1 N–H and O–H groups in total. The summed E-state index contributed by atoms with van der Waals surface area (Å²) in [6, 6.07) is 12.2. The molecule has 26 heavy (non-hydrogen) atoms. The minimum absolute atomic E-state index is 0.0418. The third-order valence-corrected chi connectivity index (χ3v) is 4.16. The largest absolute Gasteiger partial charge is 0.352 e. The van der Waals surface area contributed by atoms with Crippen LogP contribution in [0, 0.1) is 5.82 Å². The van der Waals surface area contributed by atoms with Gasteiger partial charge in [0.2, 0.25) is 5.91 Å². The van der Waals surface area contributed by atoms with Gasteiger partial charge in [-0.3, -0.25) is 9.69 Å². The smallest absolute Gasteiger partial charge is 0.350 e. The summed E-state index contributed by atoms with van der Waals surface area (Å²) >= 11 is 5.88. The van der Waals surface area contributed by atoms with Gasteiger partial charge in [0.05, 0.1) is 6.42 Å². The molecule has 1 saturated heterocycles. The third kappa shape index (κ3) is 4.12. The predicted molar refractivity (Wildman–Crippen MR) is 94.8 cm³/mol. The molecule has 1 aliphatic rings. The molecular formula is C18H17ClFN3O3. The Balaban J connectivity index is 1.64. The number of benzene rings is 2. The Morgan fingerprint density at radius 3 is 2.50 bits per heavy atom. The van der Waals surface area contributed by atoms with E-state index in [0.29, 0.717) is 10.7 Å². The Labute approximate surface area is 155 Å². The van der Waals surface area contributed by atoms with Crippen LogP contribution in [0.1, 0.15) is 12.0 Å². The Hall–Kier alpha value is -2.64. The lowest BCUT2D eigenvalue weighted by atomic mass is 10.2. The van der Waals surface area contributed by atoms with Crippen LogP contribution in [0.3, 0.4) is 0 Å². The van der Waals surface area contributed by atoms with Gasteiger partial charge in [-0.25, -0.2) is 19.1 Å². The predicted octanol–water partition coefficient (Wildman–Crippen LogP) is 3.32. The molecular weight excluding hydrogens is 361 g/mol. The second-order valence-corrected chi connectivity index (χ2v) is 6.23. The molecule has 1 atom stereocenters. The Bertz CT molecular complexity index is 798. The van der Waals surface area contributed by atoms with Crippen molar-refractivity contribution in [3.05, 3.63) is 64.9 Å². The van der Waals surface area contributed by atoms with Gasteiger partial charge in [0, 0.05) is 24.3 Å². The van der Waals surface area contributed by atoms with Gasteiger partial charge in [0.1, 0.15) is 5.82 Å². The summed E-state index contributed by atoms with van der Waals surface area (Å²) in [5.74, 6) is -0.624. The van der Waals surface area contributed by atoms with Crippen molar-refractivity contribution in [2.45, 2.75) is 19.2 Å². The number of nitrogens with zero attached hydrogens (tertiary/aromatic N) is 2. The zero-order chi connectivity index (χ0) is 18.7.